The highest BCUT2D eigenvalue weighted by molar-refractivity contribution is 7.80. The van der Waals surface area contributed by atoms with Crippen molar-refractivity contribution in [2.45, 2.75) is 25.1 Å². The number of benzene rings is 1. The third kappa shape index (κ3) is 4.12. The van der Waals surface area contributed by atoms with E-state index in [2.05, 4.69) is 5.32 Å². The Hall–Kier alpha value is -2.10. The molecule has 1 saturated carbocycles. The minimum atomic E-state index is -4.61. The predicted molar refractivity (Wildman–Crippen MR) is 90.6 cm³/mol. The fourth-order valence-corrected chi connectivity index (χ4v) is 3.11. The minimum Gasteiger partial charge on any atom is -0.362 e. The molecule has 0 spiro atoms. The second-order valence-corrected chi connectivity index (χ2v) is 6.54. The molecule has 2 aliphatic rings. The smallest absolute Gasteiger partial charge is 0.362 e. The second-order valence-electron chi connectivity index (χ2n) is 6.16. The van der Waals surface area contributed by atoms with Crippen molar-refractivity contribution in [3.8, 4) is 0 Å². The summed E-state index contributed by atoms with van der Waals surface area (Å²) in [6.45, 7) is 2.05. The lowest BCUT2D eigenvalue weighted by Gasteiger charge is -2.37. The third-order valence-corrected chi connectivity index (χ3v) is 4.69. The number of nitro groups is 1. The van der Waals surface area contributed by atoms with Gasteiger partial charge in [-0.05, 0) is 37.2 Å². The Morgan fingerprint density at radius 2 is 1.88 bits per heavy atom. The second kappa shape index (κ2) is 6.66. The highest BCUT2D eigenvalue weighted by Gasteiger charge is 2.34. The molecule has 1 aliphatic carbocycles. The number of nitrogens with zero attached hydrogens (tertiary/aromatic N) is 3. The van der Waals surface area contributed by atoms with Crippen LogP contribution in [0.15, 0.2) is 18.2 Å². The number of anilines is 1. The molecule has 1 N–H and O–H groups in total. The lowest BCUT2D eigenvalue weighted by atomic mass is 10.1. The van der Waals surface area contributed by atoms with E-state index in [1.807, 2.05) is 4.90 Å². The molecule has 136 valence electrons. The van der Waals surface area contributed by atoms with Gasteiger partial charge >= 0.3 is 6.18 Å². The zero-order chi connectivity index (χ0) is 18.2. The first-order chi connectivity index (χ1) is 11.8. The highest BCUT2D eigenvalue weighted by atomic mass is 32.1. The Bertz CT molecular complexity index is 686. The summed E-state index contributed by atoms with van der Waals surface area (Å²) >= 11 is 5.33. The standard InChI is InChI=1S/C15H17F3N4O2S/c16-15(17,18)10-1-4-12(13(9-10)22(23)24)20-5-7-21(8-6-20)14(25)19-11-2-3-11/h1,4,9,11H,2-3,5-8H2,(H,19,25). The summed E-state index contributed by atoms with van der Waals surface area (Å²) < 4.78 is 38.4. The maximum Gasteiger partial charge on any atom is 0.416 e. The van der Waals surface area contributed by atoms with Crippen molar-refractivity contribution in [1.82, 2.24) is 10.2 Å². The van der Waals surface area contributed by atoms with E-state index in [9.17, 15) is 23.3 Å². The molecule has 0 aromatic heterocycles. The van der Waals surface area contributed by atoms with Crippen molar-refractivity contribution in [3.63, 3.8) is 0 Å². The van der Waals surface area contributed by atoms with Crippen molar-refractivity contribution in [2.75, 3.05) is 31.1 Å². The SMILES string of the molecule is O=[N+]([O-])c1cc(C(F)(F)F)ccc1N1CCN(C(=S)NC2CC2)CC1. The summed E-state index contributed by atoms with van der Waals surface area (Å²) in [6.07, 6.45) is -2.39. The van der Waals surface area contributed by atoms with Gasteiger partial charge < -0.3 is 15.1 Å². The van der Waals surface area contributed by atoms with E-state index >= 15 is 0 Å². The van der Waals surface area contributed by atoms with Gasteiger partial charge in [-0.3, -0.25) is 10.1 Å². The van der Waals surface area contributed by atoms with E-state index in [-0.39, 0.29) is 5.69 Å². The van der Waals surface area contributed by atoms with E-state index in [4.69, 9.17) is 12.2 Å². The van der Waals surface area contributed by atoms with Crippen LogP contribution < -0.4 is 10.2 Å². The molecular formula is C15H17F3N4O2S. The summed E-state index contributed by atoms with van der Waals surface area (Å²) in [5.41, 5.74) is -1.34. The molecule has 10 heteroatoms. The summed E-state index contributed by atoms with van der Waals surface area (Å²) in [6, 6.07) is 3.10. The van der Waals surface area contributed by atoms with Crippen molar-refractivity contribution in [1.29, 1.82) is 0 Å². The van der Waals surface area contributed by atoms with E-state index in [0.717, 1.165) is 18.9 Å². The lowest BCUT2D eigenvalue weighted by molar-refractivity contribution is -0.384. The van der Waals surface area contributed by atoms with Crippen LogP contribution in [0, 0.1) is 10.1 Å². The predicted octanol–water partition coefficient (Wildman–Crippen LogP) is 2.77. The largest absolute Gasteiger partial charge is 0.416 e. The molecule has 0 amide bonds. The van der Waals surface area contributed by atoms with E-state index < -0.39 is 22.4 Å². The molecule has 3 rings (SSSR count). The van der Waals surface area contributed by atoms with Crippen molar-refractivity contribution in [2.24, 2.45) is 0 Å². The van der Waals surface area contributed by atoms with Crippen molar-refractivity contribution >= 4 is 28.7 Å². The fraction of sp³-hybridized carbons (Fsp3) is 0.533. The van der Waals surface area contributed by atoms with E-state index in [1.54, 1.807) is 4.90 Å². The zero-order valence-corrected chi connectivity index (χ0v) is 14.1. The molecule has 1 heterocycles. The lowest BCUT2D eigenvalue weighted by Crippen LogP contribution is -2.52. The topological polar surface area (TPSA) is 61.7 Å². The Balaban J connectivity index is 1.71. The molecule has 0 unspecified atom stereocenters. The number of halogens is 3. The van der Waals surface area contributed by atoms with Crippen LogP contribution in [0.3, 0.4) is 0 Å². The first kappa shape index (κ1) is 17.7. The molecule has 1 saturated heterocycles. The first-order valence-corrected chi connectivity index (χ1v) is 8.32. The summed E-state index contributed by atoms with van der Waals surface area (Å²) in [7, 11) is 0. The van der Waals surface area contributed by atoms with Gasteiger partial charge in [-0.25, -0.2) is 0 Å². The van der Waals surface area contributed by atoms with Gasteiger partial charge in [0, 0.05) is 38.3 Å². The third-order valence-electron chi connectivity index (χ3n) is 4.31. The normalized spacial score (nSPS) is 18.2. The Labute approximate surface area is 147 Å². The van der Waals surface area contributed by atoms with Crippen LogP contribution in [0.1, 0.15) is 18.4 Å². The molecule has 1 aromatic rings. The molecule has 25 heavy (non-hydrogen) atoms. The summed E-state index contributed by atoms with van der Waals surface area (Å²) in [5, 5.41) is 15.1. The molecule has 6 nitrogen and oxygen atoms in total. The zero-order valence-electron chi connectivity index (χ0n) is 13.3. The Morgan fingerprint density at radius 1 is 1.24 bits per heavy atom. The van der Waals surface area contributed by atoms with Gasteiger partial charge in [0.25, 0.3) is 5.69 Å². The van der Waals surface area contributed by atoms with Crippen LogP contribution >= 0.6 is 12.2 Å². The van der Waals surface area contributed by atoms with Gasteiger partial charge in [-0.2, -0.15) is 13.2 Å². The van der Waals surface area contributed by atoms with Crippen molar-refractivity contribution in [3.05, 3.63) is 33.9 Å². The van der Waals surface area contributed by atoms with Gasteiger partial charge in [0.15, 0.2) is 5.11 Å². The van der Waals surface area contributed by atoms with Crippen LogP contribution in [0.25, 0.3) is 0 Å². The van der Waals surface area contributed by atoms with Gasteiger partial charge in [0.1, 0.15) is 5.69 Å². The minimum absolute atomic E-state index is 0.207. The monoisotopic (exact) mass is 374 g/mol. The average Bonchev–Trinajstić information content (AvgIpc) is 3.37. The number of hydrogen-bond acceptors (Lipinski definition) is 4. The Kier molecular flexibility index (Phi) is 4.72. The van der Waals surface area contributed by atoms with Gasteiger partial charge in [0.2, 0.25) is 0 Å². The van der Waals surface area contributed by atoms with Crippen molar-refractivity contribution < 1.29 is 18.1 Å². The fourth-order valence-electron chi connectivity index (χ4n) is 2.76. The van der Waals surface area contributed by atoms with Crippen LogP contribution in [0.2, 0.25) is 0 Å². The van der Waals surface area contributed by atoms with Crippen LogP contribution in [-0.4, -0.2) is 47.2 Å². The molecule has 1 aliphatic heterocycles. The number of alkyl halides is 3. The number of nitrogens with one attached hydrogen (secondary N) is 1. The van der Waals surface area contributed by atoms with Crippen LogP contribution in [0.4, 0.5) is 24.5 Å². The van der Waals surface area contributed by atoms with E-state index in [0.29, 0.717) is 43.4 Å². The molecular weight excluding hydrogens is 357 g/mol. The van der Waals surface area contributed by atoms with Gasteiger partial charge in [0.05, 0.1) is 10.5 Å². The molecule has 2 fully saturated rings. The van der Waals surface area contributed by atoms with Crippen LogP contribution in [0.5, 0.6) is 0 Å². The summed E-state index contributed by atoms with van der Waals surface area (Å²) in [5.74, 6) is 0. The maximum absolute atomic E-state index is 12.8. The first-order valence-electron chi connectivity index (χ1n) is 7.92. The maximum atomic E-state index is 12.8. The van der Waals surface area contributed by atoms with E-state index in [1.165, 1.54) is 6.07 Å². The van der Waals surface area contributed by atoms with Gasteiger partial charge in [-0.15, -0.1) is 0 Å². The number of thiocarbonyl (C=S) groups is 1. The van der Waals surface area contributed by atoms with Gasteiger partial charge in [-0.1, -0.05) is 0 Å². The Morgan fingerprint density at radius 3 is 2.40 bits per heavy atom. The quantitative estimate of drug-likeness (QED) is 0.499. The number of rotatable bonds is 3. The molecule has 1 aromatic carbocycles. The molecule has 0 atom stereocenters. The number of nitro benzene ring substituents is 1. The molecule has 0 bridgehead atoms. The summed E-state index contributed by atoms with van der Waals surface area (Å²) in [4.78, 5) is 14.2. The number of hydrogen-bond donors (Lipinski definition) is 1. The van der Waals surface area contributed by atoms with Crippen LogP contribution in [-0.2, 0) is 6.18 Å². The average molecular weight is 374 g/mol. The highest BCUT2D eigenvalue weighted by Crippen LogP contribution is 2.36. The number of piperazine rings is 1. The molecule has 0 radical (unpaired) electrons.